The van der Waals surface area contributed by atoms with Crippen LogP contribution in [0.4, 0.5) is 4.39 Å². The zero-order valence-corrected chi connectivity index (χ0v) is 11.8. The Morgan fingerprint density at radius 1 is 1.25 bits per heavy atom. The Bertz CT molecular complexity index is 407. The number of hydrogen-bond donors (Lipinski definition) is 2. The van der Waals surface area contributed by atoms with Gasteiger partial charge >= 0.3 is 0 Å². The lowest BCUT2D eigenvalue weighted by molar-refractivity contribution is 0.0598. The largest absolute Gasteiger partial charge is 0.395 e. The number of hydrogen-bond acceptors (Lipinski definition) is 3. The van der Waals surface area contributed by atoms with E-state index >= 15 is 0 Å². The predicted molar refractivity (Wildman–Crippen MR) is 76.9 cm³/mol. The van der Waals surface area contributed by atoms with E-state index in [0.717, 1.165) is 12.8 Å². The van der Waals surface area contributed by atoms with Crippen LogP contribution in [-0.2, 0) is 0 Å². The van der Waals surface area contributed by atoms with Gasteiger partial charge in [-0.3, -0.25) is 4.90 Å². The second-order valence-electron chi connectivity index (χ2n) is 5.58. The van der Waals surface area contributed by atoms with E-state index in [1.807, 2.05) is 0 Å². The molecule has 1 aliphatic rings. The van der Waals surface area contributed by atoms with Crippen LogP contribution < -0.4 is 0 Å². The lowest BCUT2D eigenvalue weighted by atomic mass is 9.93. The van der Waals surface area contributed by atoms with Crippen LogP contribution in [0.1, 0.15) is 43.8 Å². The highest BCUT2D eigenvalue weighted by atomic mass is 19.1. The van der Waals surface area contributed by atoms with Crippen molar-refractivity contribution >= 4 is 0 Å². The zero-order valence-electron chi connectivity index (χ0n) is 11.8. The molecule has 0 radical (unpaired) electrons. The van der Waals surface area contributed by atoms with Gasteiger partial charge in [0.15, 0.2) is 0 Å². The molecule has 20 heavy (non-hydrogen) atoms. The van der Waals surface area contributed by atoms with Crippen LogP contribution in [0.5, 0.6) is 0 Å². The normalized spacial score (nSPS) is 18.4. The van der Waals surface area contributed by atoms with Gasteiger partial charge in [-0.05, 0) is 30.5 Å². The number of aliphatic hydroxyl groups is 2. The standard InChI is InChI=1S/C16H24FNO2/c17-14-6-4-5-13(11-14)16(20)12-18(9-10-19)15-7-2-1-3-8-15/h4-6,11,15-16,19-20H,1-3,7-10,12H2/t16-/m1/s1. The van der Waals surface area contributed by atoms with Crippen LogP contribution >= 0.6 is 0 Å². The fraction of sp³-hybridized carbons (Fsp3) is 0.625. The van der Waals surface area contributed by atoms with Gasteiger partial charge in [-0.25, -0.2) is 4.39 Å². The quantitative estimate of drug-likeness (QED) is 0.842. The van der Waals surface area contributed by atoms with Crippen LogP contribution in [0.2, 0.25) is 0 Å². The van der Waals surface area contributed by atoms with Crippen molar-refractivity contribution in [1.29, 1.82) is 0 Å². The SMILES string of the molecule is OCCN(C[C@@H](O)c1cccc(F)c1)C1CCCCC1. The first kappa shape index (κ1) is 15.4. The number of aliphatic hydroxyl groups excluding tert-OH is 2. The molecule has 1 atom stereocenters. The summed E-state index contributed by atoms with van der Waals surface area (Å²) < 4.78 is 13.2. The summed E-state index contributed by atoms with van der Waals surface area (Å²) in [6.45, 7) is 1.11. The summed E-state index contributed by atoms with van der Waals surface area (Å²) in [5.74, 6) is -0.326. The molecule has 0 aromatic heterocycles. The average Bonchev–Trinajstić information content (AvgIpc) is 2.47. The Morgan fingerprint density at radius 2 is 2.00 bits per heavy atom. The summed E-state index contributed by atoms with van der Waals surface area (Å²) in [7, 11) is 0. The third-order valence-corrected chi connectivity index (χ3v) is 4.12. The molecular weight excluding hydrogens is 257 g/mol. The van der Waals surface area contributed by atoms with Gasteiger partial charge in [0.25, 0.3) is 0 Å². The molecule has 112 valence electrons. The summed E-state index contributed by atoms with van der Waals surface area (Å²) in [5.41, 5.74) is 0.601. The minimum Gasteiger partial charge on any atom is -0.395 e. The highest BCUT2D eigenvalue weighted by Gasteiger charge is 2.23. The fourth-order valence-corrected chi connectivity index (χ4v) is 3.04. The minimum atomic E-state index is -0.709. The number of rotatable bonds is 6. The van der Waals surface area contributed by atoms with Gasteiger partial charge in [-0.2, -0.15) is 0 Å². The van der Waals surface area contributed by atoms with Crippen molar-refractivity contribution in [3.05, 3.63) is 35.6 Å². The summed E-state index contributed by atoms with van der Waals surface area (Å²) >= 11 is 0. The first-order valence-electron chi connectivity index (χ1n) is 7.49. The van der Waals surface area contributed by atoms with E-state index < -0.39 is 6.10 Å². The second-order valence-corrected chi connectivity index (χ2v) is 5.58. The van der Waals surface area contributed by atoms with E-state index in [4.69, 9.17) is 0 Å². The topological polar surface area (TPSA) is 43.7 Å². The van der Waals surface area contributed by atoms with Gasteiger partial charge in [0, 0.05) is 19.1 Å². The summed E-state index contributed by atoms with van der Waals surface area (Å²) in [4.78, 5) is 2.15. The molecule has 0 saturated heterocycles. The van der Waals surface area contributed by atoms with Crippen molar-refractivity contribution in [3.63, 3.8) is 0 Å². The molecular formula is C16H24FNO2. The first-order chi connectivity index (χ1) is 9.70. The lowest BCUT2D eigenvalue weighted by Gasteiger charge is -2.35. The molecule has 0 amide bonds. The second kappa shape index (κ2) is 7.72. The molecule has 4 heteroatoms. The molecule has 0 aliphatic heterocycles. The number of nitrogens with zero attached hydrogens (tertiary/aromatic N) is 1. The van der Waals surface area contributed by atoms with Gasteiger partial charge in [0.2, 0.25) is 0 Å². The van der Waals surface area contributed by atoms with E-state index in [2.05, 4.69) is 4.90 Å². The highest BCUT2D eigenvalue weighted by Crippen LogP contribution is 2.24. The van der Waals surface area contributed by atoms with Crippen LogP contribution in [0.15, 0.2) is 24.3 Å². The van der Waals surface area contributed by atoms with Crippen molar-refractivity contribution in [1.82, 2.24) is 4.90 Å². The van der Waals surface area contributed by atoms with E-state index in [1.165, 1.54) is 31.4 Å². The van der Waals surface area contributed by atoms with Crippen molar-refractivity contribution < 1.29 is 14.6 Å². The van der Waals surface area contributed by atoms with Gasteiger partial charge in [0.05, 0.1) is 12.7 Å². The van der Waals surface area contributed by atoms with Crippen molar-refractivity contribution in [2.75, 3.05) is 19.7 Å². The molecule has 0 unspecified atom stereocenters. The molecule has 1 fully saturated rings. The third kappa shape index (κ3) is 4.27. The number of halogens is 1. The molecule has 1 saturated carbocycles. The van der Waals surface area contributed by atoms with Crippen LogP contribution in [-0.4, -0.2) is 40.9 Å². The maximum Gasteiger partial charge on any atom is 0.123 e. The van der Waals surface area contributed by atoms with E-state index in [9.17, 15) is 14.6 Å². The molecule has 0 bridgehead atoms. The zero-order chi connectivity index (χ0) is 14.4. The van der Waals surface area contributed by atoms with Gasteiger partial charge in [-0.15, -0.1) is 0 Å². The van der Waals surface area contributed by atoms with E-state index in [0.29, 0.717) is 24.7 Å². The van der Waals surface area contributed by atoms with Gasteiger partial charge < -0.3 is 10.2 Å². The Kier molecular flexibility index (Phi) is 5.95. The Labute approximate surface area is 120 Å². The van der Waals surface area contributed by atoms with Crippen molar-refractivity contribution in [2.45, 2.75) is 44.2 Å². The average molecular weight is 281 g/mol. The predicted octanol–water partition coefficient (Wildman–Crippen LogP) is 2.49. The van der Waals surface area contributed by atoms with Crippen LogP contribution in [0, 0.1) is 5.82 Å². The lowest BCUT2D eigenvalue weighted by Crippen LogP contribution is -2.41. The molecule has 3 nitrogen and oxygen atoms in total. The maximum absolute atomic E-state index is 13.2. The van der Waals surface area contributed by atoms with E-state index in [1.54, 1.807) is 12.1 Å². The van der Waals surface area contributed by atoms with Gasteiger partial charge in [0.1, 0.15) is 5.82 Å². The number of benzene rings is 1. The molecule has 1 aliphatic carbocycles. The van der Waals surface area contributed by atoms with E-state index in [-0.39, 0.29) is 12.4 Å². The Hall–Kier alpha value is -0.970. The maximum atomic E-state index is 13.2. The third-order valence-electron chi connectivity index (χ3n) is 4.12. The summed E-state index contributed by atoms with van der Waals surface area (Å²) in [6.07, 6.45) is 5.23. The van der Waals surface area contributed by atoms with Crippen LogP contribution in [0.3, 0.4) is 0 Å². The smallest absolute Gasteiger partial charge is 0.123 e. The van der Waals surface area contributed by atoms with Crippen molar-refractivity contribution in [3.8, 4) is 0 Å². The Morgan fingerprint density at radius 3 is 2.65 bits per heavy atom. The molecule has 2 rings (SSSR count). The minimum absolute atomic E-state index is 0.0897. The molecule has 0 heterocycles. The monoisotopic (exact) mass is 281 g/mol. The van der Waals surface area contributed by atoms with Crippen LogP contribution in [0.25, 0.3) is 0 Å². The highest BCUT2D eigenvalue weighted by molar-refractivity contribution is 5.19. The molecule has 2 N–H and O–H groups in total. The van der Waals surface area contributed by atoms with Crippen molar-refractivity contribution in [2.24, 2.45) is 0 Å². The fourth-order valence-electron chi connectivity index (χ4n) is 3.04. The summed E-state index contributed by atoms with van der Waals surface area (Å²) in [5, 5.41) is 19.5. The summed E-state index contributed by atoms with van der Waals surface area (Å²) in [6, 6.07) is 6.54. The van der Waals surface area contributed by atoms with Gasteiger partial charge in [-0.1, -0.05) is 31.4 Å². The first-order valence-corrected chi connectivity index (χ1v) is 7.49. The molecule has 1 aromatic carbocycles. The molecule has 1 aromatic rings. The molecule has 0 spiro atoms. The Balaban J connectivity index is 1.99.